The van der Waals surface area contributed by atoms with Crippen LogP contribution in [-0.4, -0.2) is 31.4 Å². The van der Waals surface area contributed by atoms with E-state index in [0.717, 1.165) is 0 Å². The van der Waals surface area contributed by atoms with Crippen LogP contribution < -0.4 is 0 Å². The van der Waals surface area contributed by atoms with Crippen LogP contribution in [0, 0.1) is 11.3 Å². The molecule has 14 heavy (non-hydrogen) atoms. The van der Waals surface area contributed by atoms with Crippen molar-refractivity contribution in [3.05, 3.63) is 12.3 Å². The zero-order valence-corrected chi connectivity index (χ0v) is 8.53. The lowest BCUT2D eigenvalue weighted by molar-refractivity contribution is -0.148. The van der Waals surface area contributed by atoms with E-state index in [1.165, 1.54) is 13.4 Å². The number of rotatable bonds is 5. The fourth-order valence-corrected chi connectivity index (χ4v) is 1.55. The molecule has 0 unspecified atom stereocenters. The molecule has 1 N–H and O–H groups in total. The van der Waals surface area contributed by atoms with E-state index in [1.807, 2.05) is 0 Å². The molecule has 0 radical (unpaired) electrons. The fraction of sp³-hybridized carbons (Fsp3) is 0.700. The monoisotopic (exact) mass is 200 g/mol. The lowest BCUT2D eigenvalue weighted by Crippen LogP contribution is -2.20. The summed E-state index contributed by atoms with van der Waals surface area (Å²) >= 11 is 0. The van der Waals surface area contributed by atoms with Crippen LogP contribution in [0.3, 0.4) is 0 Å². The van der Waals surface area contributed by atoms with Crippen LogP contribution in [-0.2, 0) is 14.3 Å². The number of hydrogen-bond donors (Lipinski definition) is 1. The van der Waals surface area contributed by atoms with Gasteiger partial charge in [-0.05, 0) is 19.4 Å². The Labute approximate surface area is 83.5 Å². The van der Waals surface area contributed by atoms with Gasteiger partial charge in [-0.2, -0.15) is 0 Å². The molecule has 0 amide bonds. The molecular formula is C10H16O4. The van der Waals surface area contributed by atoms with Crippen molar-refractivity contribution >= 4 is 5.97 Å². The first-order valence-corrected chi connectivity index (χ1v) is 4.69. The van der Waals surface area contributed by atoms with Crippen LogP contribution in [0.1, 0.15) is 13.3 Å². The van der Waals surface area contributed by atoms with E-state index < -0.39 is 5.41 Å². The molecule has 0 saturated heterocycles. The molecule has 0 aliphatic heterocycles. The van der Waals surface area contributed by atoms with Crippen LogP contribution >= 0.6 is 0 Å². The molecule has 0 aromatic heterocycles. The molecule has 1 saturated carbocycles. The average molecular weight is 200 g/mol. The third-order valence-corrected chi connectivity index (χ3v) is 2.53. The molecule has 2 atom stereocenters. The zero-order valence-electron chi connectivity index (χ0n) is 8.53. The minimum absolute atomic E-state index is 0.00681. The summed E-state index contributed by atoms with van der Waals surface area (Å²) < 4.78 is 9.71. The predicted octanol–water partition coefficient (Wildman–Crippen LogP) is 0.708. The first-order valence-electron chi connectivity index (χ1n) is 4.69. The van der Waals surface area contributed by atoms with Gasteiger partial charge < -0.3 is 14.6 Å². The van der Waals surface area contributed by atoms with E-state index in [9.17, 15) is 4.79 Å². The molecule has 0 bridgehead atoms. The largest absolute Gasteiger partial charge is 0.505 e. The Morgan fingerprint density at radius 2 is 2.43 bits per heavy atom. The second-order valence-corrected chi connectivity index (χ2v) is 3.38. The van der Waals surface area contributed by atoms with Gasteiger partial charge in [-0.25, -0.2) is 0 Å². The topological polar surface area (TPSA) is 55.8 Å². The van der Waals surface area contributed by atoms with Crippen LogP contribution in [0.5, 0.6) is 0 Å². The quantitative estimate of drug-likeness (QED) is 0.524. The lowest BCUT2D eigenvalue weighted by atomic mass is 10.0. The van der Waals surface area contributed by atoms with Gasteiger partial charge in [-0.15, -0.1) is 0 Å². The van der Waals surface area contributed by atoms with Gasteiger partial charge in [0.05, 0.1) is 25.4 Å². The summed E-state index contributed by atoms with van der Waals surface area (Å²) in [5.74, 6) is -0.291. The maximum atomic E-state index is 11.6. The van der Waals surface area contributed by atoms with Gasteiger partial charge in [0.1, 0.15) is 0 Å². The summed E-state index contributed by atoms with van der Waals surface area (Å²) in [5.41, 5.74) is -0.638. The first kappa shape index (κ1) is 11.0. The van der Waals surface area contributed by atoms with Crippen LogP contribution in [0.4, 0.5) is 0 Å². The predicted molar refractivity (Wildman–Crippen MR) is 50.4 cm³/mol. The van der Waals surface area contributed by atoms with Gasteiger partial charge in [0, 0.05) is 12.5 Å². The molecule has 0 heterocycles. The SMILES string of the molecule is CCOC(=O)[C@]1(C=COC)C[C@H]1CO. The Balaban J connectivity index is 2.65. The van der Waals surface area contributed by atoms with Crippen molar-refractivity contribution in [1.29, 1.82) is 0 Å². The first-order chi connectivity index (χ1) is 6.71. The molecule has 1 aliphatic carbocycles. The molecule has 0 aromatic carbocycles. The molecule has 1 rings (SSSR count). The van der Waals surface area contributed by atoms with E-state index in [2.05, 4.69) is 0 Å². The van der Waals surface area contributed by atoms with E-state index in [1.54, 1.807) is 13.0 Å². The number of carbonyl (C=O) groups is 1. The Kier molecular flexibility index (Phi) is 3.52. The van der Waals surface area contributed by atoms with Crippen molar-refractivity contribution in [2.24, 2.45) is 11.3 Å². The van der Waals surface area contributed by atoms with Gasteiger partial charge >= 0.3 is 5.97 Å². The molecular weight excluding hydrogens is 184 g/mol. The average Bonchev–Trinajstić information content (AvgIpc) is 2.90. The highest BCUT2D eigenvalue weighted by Gasteiger charge is 2.59. The van der Waals surface area contributed by atoms with Gasteiger partial charge in [-0.3, -0.25) is 4.79 Å². The molecule has 4 heteroatoms. The second kappa shape index (κ2) is 4.46. The molecule has 4 nitrogen and oxygen atoms in total. The normalized spacial score (nSPS) is 30.4. The van der Waals surface area contributed by atoms with Crippen molar-refractivity contribution in [2.45, 2.75) is 13.3 Å². The van der Waals surface area contributed by atoms with Crippen LogP contribution in [0.25, 0.3) is 0 Å². The molecule has 0 aromatic rings. The van der Waals surface area contributed by atoms with E-state index in [-0.39, 0.29) is 18.5 Å². The summed E-state index contributed by atoms with van der Waals surface area (Å²) in [6.45, 7) is 2.13. The minimum atomic E-state index is -0.638. The Morgan fingerprint density at radius 3 is 2.86 bits per heavy atom. The number of esters is 1. The Morgan fingerprint density at radius 1 is 1.71 bits per heavy atom. The lowest BCUT2D eigenvalue weighted by Gasteiger charge is -2.10. The van der Waals surface area contributed by atoms with E-state index in [0.29, 0.717) is 13.0 Å². The third kappa shape index (κ3) is 1.90. The van der Waals surface area contributed by atoms with Crippen molar-refractivity contribution in [3.63, 3.8) is 0 Å². The maximum absolute atomic E-state index is 11.6. The van der Waals surface area contributed by atoms with E-state index >= 15 is 0 Å². The number of aliphatic hydroxyl groups is 1. The van der Waals surface area contributed by atoms with Crippen LogP contribution in [0.2, 0.25) is 0 Å². The Bertz CT molecular complexity index is 236. The number of hydrogen-bond acceptors (Lipinski definition) is 4. The Hall–Kier alpha value is -1.03. The third-order valence-electron chi connectivity index (χ3n) is 2.53. The van der Waals surface area contributed by atoms with Crippen molar-refractivity contribution in [1.82, 2.24) is 0 Å². The highest BCUT2D eigenvalue weighted by molar-refractivity contribution is 5.83. The maximum Gasteiger partial charge on any atom is 0.316 e. The molecule has 80 valence electrons. The van der Waals surface area contributed by atoms with Crippen molar-refractivity contribution < 1.29 is 19.4 Å². The summed E-state index contributed by atoms with van der Waals surface area (Å²) in [5, 5.41) is 8.98. The number of methoxy groups -OCH3 is 1. The van der Waals surface area contributed by atoms with E-state index in [4.69, 9.17) is 14.6 Å². The highest BCUT2D eigenvalue weighted by atomic mass is 16.5. The number of carbonyl (C=O) groups excluding carboxylic acids is 1. The van der Waals surface area contributed by atoms with Gasteiger partial charge in [0.15, 0.2) is 0 Å². The summed E-state index contributed by atoms with van der Waals surface area (Å²) in [7, 11) is 1.52. The van der Waals surface area contributed by atoms with Gasteiger partial charge in [0.2, 0.25) is 0 Å². The highest BCUT2D eigenvalue weighted by Crippen LogP contribution is 2.54. The van der Waals surface area contributed by atoms with Gasteiger partial charge in [0.25, 0.3) is 0 Å². The summed E-state index contributed by atoms with van der Waals surface area (Å²) in [6, 6.07) is 0. The summed E-state index contributed by atoms with van der Waals surface area (Å²) in [4.78, 5) is 11.6. The summed E-state index contributed by atoms with van der Waals surface area (Å²) in [6.07, 6.45) is 3.78. The number of aliphatic hydroxyl groups excluding tert-OH is 1. The fourth-order valence-electron chi connectivity index (χ4n) is 1.55. The molecule has 1 fully saturated rings. The van der Waals surface area contributed by atoms with Gasteiger partial charge in [-0.1, -0.05) is 0 Å². The molecule has 0 spiro atoms. The van der Waals surface area contributed by atoms with Crippen LogP contribution in [0.15, 0.2) is 12.3 Å². The molecule has 1 aliphatic rings. The zero-order chi connectivity index (χ0) is 10.6. The van der Waals surface area contributed by atoms with Crippen molar-refractivity contribution in [3.8, 4) is 0 Å². The standard InChI is InChI=1S/C10H16O4/c1-3-14-9(12)10(4-5-13-2)6-8(10)7-11/h4-5,8,11H,3,6-7H2,1-2H3/t8-,10+/m0/s1. The number of ether oxygens (including phenoxy) is 2. The van der Waals surface area contributed by atoms with Crippen molar-refractivity contribution in [2.75, 3.05) is 20.3 Å². The minimum Gasteiger partial charge on any atom is -0.505 e. The second-order valence-electron chi connectivity index (χ2n) is 3.38. The smallest absolute Gasteiger partial charge is 0.316 e.